The lowest BCUT2D eigenvalue weighted by atomic mass is 9.85. The molecule has 0 aliphatic carbocycles. The van der Waals surface area contributed by atoms with E-state index in [9.17, 15) is 9.59 Å². The minimum atomic E-state index is -0.903. The van der Waals surface area contributed by atoms with Crippen molar-refractivity contribution >= 4 is 11.9 Å². The summed E-state index contributed by atoms with van der Waals surface area (Å²) in [5.74, 6) is -1.10. The van der Waals surface area contributed by atoms with Crippen molar-refractivity contribution in [3.8, 4) is 0 Å². The third kappa shape index (κ3) is 5.14. The molecule has 0 radical (unpaired) electrons. The van der Waals surface area contributed by atoms with Gasteiger partial charge < -0.3 is 14.9 Å². The number of aliphatic carboxylic acids is 1. The summed E-state index contributed by atoms with van der Waals surface area (Å²) in [4.78, 5) is 22.2. The highest BCUT2D eigenvalue weighted by atomic mass is 16.5. The van der Waals surface area contributed by atoms with Crippen molar-refractivity contribution in [1.29, 1.82) is 0 Å². The SMILES string of the molecule is CC(C)(CC(=O)O)CC(=O)NCc1ccon1. The van der Waals surface area contributed by atoms with E-state index >= 15 is 0 Å². The Morgan fingerprint density at radius 3 is 2.71 bits per heavy atom. The Hall–Kier alpha value is -1.85. The molecule has 1 rings (SSSR count). The summed E-state index contributed by atoms with van der Waals surface area (Å²) in [5, 5.41) is 15.0. The lowest BCUT2D eigenvalue weighted by Gasteiger charge is -2.21. The number of rotatable bonds is 6. The van der Waals surface area contributed by atoms with E-state index < -0.39 is 11.4 Å². The molecule has 0 saturated heterocycles. The molecular formula is C11H16N2O4. The number of carbonyl (C=O) groups is 2. The molecule has 0 saturated carbocycles. The van der Waals surface area contributed by atoms with Crippen LogP contribution >= 0.6 is 0 Å². The molecule has 0 spiro atoms. The second kappa shape index (κ2) is 5.47. The van der Waals surface area contributed by atoms with Gasteiger partial charge in [0.05, 0.1) is 13.0 Å². The third-order valence-electron chi connectivity index (χ3n) is 2.23. The number of nitrogens with one attached hydrogen (secondary N) is 1. The van der Waals surface area contributed by atoms with Crippen molar-refractivity contribution in [2.24, 2.45) is 5.41 Å². The first-order valence-electron chi connectivity index (χ1n) is 5.27. The molecule has 0 bridgehead atoms. The molecule has 17 heavy (non-hydrogen) atoms. The highest BCUT2D eigenvalue weighted by Gasteiger charge is 2.25. The summed E-state index contributed by atoms with van der Waals surface area (Å²) in [6.45, 7) is 3.78. The highest BCUT2D eigenvalue weighted by molar-refractivity contribution is 5.77. The Morgan fingerprint density at radius 2 is 2.18 bits per heavy atom. The fraction of sp³-hybridized carbons (Fsp3) is 0.545. The lowest BCUT2D eigenvalue weighted by Crippen LogP contribution is -2.29. The molecule has 2 N–H and O–H groups in total. The average molecular weight is 240 g/mol. The van der Waals surface area contributed by atoms with E-state index in [1.54, 1.807) is 19.9 Å². The topological polar surface area (TPSA) is 92.4 Å². The van der Waals surface area contributed by atoms with Crippen LogP contribution in [0.1, 0.15) is 32.4 Å². The maximum absolute atomic E-state index is 11.6. The lowest BCUT2D eigenvalue weighted by molar-refractivity contribution is -0.139. The first-order valence-corrected chi connectivity index (χ1v) is 5.27. The predicted molar refractivity (Wildman–Crippen MR) is 59.0 cm³/mol. The first kappa shape index (κ1) is 13.2. The summed E-state index contributed by atoms with van der Waals surface area (Å²) in [7, 11) is 0. The fourth-order valence-electron chi connectivity index (χ4n) is 1.49. The number of carbonyl (C=O) groups excluding carboxylic acids is 1. The van der Waals surface area contributed by atoms with Crippen LogP contribution in [0.15, 0.2) is 16.9 Å². The van der Waals surface area contributed by atoms with Crippen LogP contribution in [0.2, 0.25) is 0 Å². The molecule has 0 unspecified atom stereocenters. The summed E-state index contributed by atoms with van der Waals surface area (Å²) in [5.41, 5.74) is 0.0779. The average Bonchev–Trinajstić information content (AvgIpc) is 2.63. The van der Waals surface area contributed by atoms with Gasteiger partial charge in [0, 0.05) is 12.5 Å². The minimum Gasteiger partial charge on any atom is -0.481 e. The Morgan fingerprint density at radius 1 is 1.47 bits per heavy atom. The maximum atomic E-state index is 11.6. The minimum absolute atomic E-state index is 0.0373. The van der Waals surface area contributed by atoms with Crippen molar-refractivity contribution in [3.63, 3.8) is 0 Å². The van der Waals surface area contributed by atoms with Crippen molar-refractivity contribution in [3.05, 3.63) is 18.0 Å². The van der Waals surface area contributed by atoms with E-state index in [1.807, 2.05) is 0 Å². The van der Waals surface area contributed by atoms with Crippen molar-refractivity contribution in [2.45, 2.75) is 33.2 Å². The number of hydrogen-bond donors (Lipinski definition) is 2. The molecule has 0 aromatic carbocycles. The van der Waals surface area contributed by atoms with Gasteiger partial charge >= 0.3 is 5.97 Å². The molecule has 1 heterocycles. The molecular weight excluding hydrogens is 224 g/mol. The van der Waals surface area contributed by atoms with Gasteiger partial charge in [-0.2, -0.15) is 0 Å². The van der Waals surface area contributed by atoms with Crippen LogP contribution in [0.5, 0.6) is 0 Å². The zero-order chi connectivity index (χ0) is 12.9. The number of aromatic nitrogens is 1. The van der Waals surface area contributed by atoms with Crippen LogP contribution in [-0.4, -0.2) is 22.1 Å². The van der Waals surface area contributed by atoms with E-state index in [1.165, 1.54) is 6.26 Å². The second-order valence-electron chi connectivity index (χ2n) is 4.68. The van der Waals surface area contributed by atoms with Crippen LogP contribution in [0.4, 0.5) is 0 Å². The van der Waals surface area contributed by atoms with Crippen LogP contribution in [0, 0.1) is 5.41 Å². The highest BCUT2D eigenvalue weighted by Crippen LogP contribution is 2.24. The summed E-state index contributed by atoms with van der Waals surface area (Å²) in [6.07, 6.45) is 1.55. The molecule has 1 aromatic heterocycles. The monoisotopic (exact) mass is 240 g/mol. The quantitative estimate of drug-likeness (QED) is 0.778. The van der Waals surface area contributed by atoms with Gasteiger partial charge in [-0.15, -0.1) is 0 Å². The van der Waals surface area contributed by atoms with Gasteiger partial charge in [0.1, 0.15) is 12.0 Å². The van der Waals surface area contributed by atoms with Crippen molar-refractivity contribution in [2.75, 3.05) is 0 Å². The number of amides is 1. The van der Waals surface area contributed by atoms with Gasteiger partial charge in [0.15, 0.2) is 0 Å². The van der Waals surface area contributed by atoms with Gasteiger partial charge in [-0.25, -0.2) is 0 Å². The van der Waals surface area contributed by atoms with Crippen LogP contribution in [-0.2, 0) is 16.1 Å². The van der Waals surface area contributed by atoms with Crippen molar-refractivity contribution < 1.29 is 19.2 Å². The number of carboxylic acids is 1. The normalized spacial score (nSPS) is 11.2. The summed E-state index contributed by atoms with van der Waals surface area (Å²) < 4.78 is 4.62. The summed E-state index contributed by atoms with van der Waals surface area (Å²) >= 11 is 0. The van der Waals surface area contributed by atoms with E-state index in [2.05, 4.69) is 15.0 Å². The second-order valence-corrected chi connectivity index (χ2v) is 4.68. The van der Waals surface area contributed by atoms with E-state index in [-0.39, 0.29) is 18.7 Å². The zero-order valence-corrected chi connectivity index (χ0v) is 9.90. The van der Waals surface area contributed by atoms with E-state index in [4.69, 9.17) is 5.11 Å². The van der Waals surface area contributed by atoms with Gasteiger partial charge in [0.25, 0.3) is 0 Å². The summed E-state index contributed by atoms with van der Waals surface area (Å²) in [6, 6.07) is 1.66. The van der Waals surface area contributed by atoms with Gasteiger partial charge in [-0.05, 0) is 5.41 Å². The van der Waals surface area contributed by atoms with Crippen LogP contribution in [0.25, 0.3) is 0 Å². The molecule has 94 valence electrons. The largest absolute Gasteiger partial charge is 0.481 e. The molecule has 1 aromatic rings. The van der Waals surface area contributed by atoms with Gasteiger partial charge in [-0.3, -0.25) is 9.59 Å². The van der Waals surface area contributed by atoms with E-state index in [0.717, 1.165) is 0 Å². The van der Waals surface area contributed by atoms with Crippen LogP contribution in [0.3, 0.4) is 0 Å². The Bertz CT molecular complexity index is 384. The van der Waals surface area contributed by atoms with Gasteiger partial charge in [0.2, 0.25) is 5.91 Å². The maximum Gasteiger partial charge on any atom is 0.303 e. The van der Waals surface area contributed by atoms with Gasteiger partial charge in [-0.1, -0.05) is 19.0 Å². The van der Waals surface area contributed by atoms with Crippen LogP contribution < -0.4 is 5.32 Å². The molecule has 6 nitrogen and oxygen atoms in total. The predicted octanol–water partition coefficient (Wildman–Crippen LogP) is 1.18. The Labute approximate surface area is 99.0 Å². The molecule has 1 amide bonds. The number of carboxylic acid groups (broad SMARTS) is 1. The molecule has 0 atom stereocenters. The first-order chi connectivity index (χ1) is 7.89. The molecule has 0 aliphatic heterocycles. The zero-order valence-electron chi connectivity index (χ0n) is 9.90. The number of hydrogen-bond acceptors (Lipinski definition) is 4. The molecule has 0 aliphatic rings. The molecule has 6 heteroatoms. The standard InChI is InChI=1S/C11H16N2O4/c1-11(2,6-10(15)16)5-9(14)12-7-8-3-4-17-13-8/h3-4H,5-7H2,1-2H3,(H,12,14)(H,15,16). The van der Waals surface area contributed by atoms with Crippen molar-refractivity contribution in [1.82, 2.24) is 10.5 Å². The molecule has 0 fully saturated rings. The third-order valence-corrected chi connectivity index (χ3v) is 2.23. The fourth-order valence-corrected chi connectivity index (χ4v) is 1.49. The smallest absolute Gasteiger partial charge is 0.303 e. The number of nitrogens with zero attached hydrogens (tertiary/aromatic N) is 1. The Kier molecular flexibility index (Phi) is 4.25. The van der Waals surface area contributed by atoms with E-state index in [0.29, 0.717) is 12.2 Å². The Balaban J connectivity index is 2.36.